The van der Waals surface area contributed by atoms with E-state index in [9.17, 15) is 0 Å². The Morgan fingerprint density at radius 1 is 0.640 bits per heavy atom. The average Bonchev–Trinajstić information content (AvgIpc) is 2.99. The van der Waals surface area contributed by atoms with Gasteiger partial charge in [0.15, 0.2) is 0 Å². The standard InChI is InChI=1S/C22H35N3/c1-2-5-9-20(8-4-1)23-14-12-22(13-15-23)25-18-16-24(17-19-25)21-10-6-3-7-11-21/h3,6-7,10-11,20,22H,1-2,4-5,8-9,12-19H2/p+2. The van der Waals surface area contributed by atoms with Crippen LogP contribution in [0.2, 0.25) is 0 Å². The minimum atomic E-state index is 0.937. The summed E-state index contributed by atoms with van der Waals surface area (Å²) < 4.78 is 0. The molecule has 2 heterocycles. The molecule has 2 saturated heterocycles. The molecule has 4 rings (SSSR count). The van der Waals surface area contributed by atoms with Gasteiger partial charge in [0.2, 0.25) is 0 Å². The van der Waals surface area contributed by atoms with Crippen molar-refractivity contribution in [2.45, 2.75) is 63.5 Å². The van der Waals surface area contributed by atoms with Crippen molar-refractivity contribution < 1.29 is 9.80 Å². The fourth-order valence-electron chi connectivity index (χ4n) is 5.59. The molecule has 2 aliphatic heterocycles. The molecule has 0 atom stereocenters. The van der Waals surface area contributed by atoms with E-state index in [-0.39, 0.29) is 0 Å². The zero-order chi connectivity index (χ0) is 16.9. The third-order valence-electron chi connectivity index (χ3n) is 7.16. The predicted octanol–water partition coefficient (Wildman–Crippen LogP) is 1.16. The molecule has 3 nitrogen and oxygen atoms in total. The smallest absolute Gasteiger partial charge is 0.0984 e. The summed E-state index contributed by atoms with van der Waals surface area (Å²) in [5, 5.41) is 0. The highest BCUT2D eigenvalue weighted by atomic mass is 15.3. The van der Waals surface area contributed by atoms with Crippen molar-refractivity contribution in [3.63, 3.8) is 0 Å². The van der Waals surface area contributed by atoms with Crippen molar-refractivity contribution in [2.24, 2.45) is 0 Å². The van der Waals surface area contributed by atoms with Gasteiger partial charge >= 0.3 is 0 Å². The summed E-state index contributed by atoms with van der Waals surface area (Å²) in [4.78, 5) is 6.43. The highest BCUT2D eigenvalue weighted by Gasteiger charge is 2.34. The molecule has 3 fully saturated rings. The van der Waals surface area contributed by atoms with Crippen molar-refractivity contribution in [1.82, 2.24) is 0 Å². The Hall–Kier alpha value is -1.06. The minimum absolute atomic E-state index is 0.937. The number of likely N-dealkylation sites (tertiary alicyclic amines) is 1. The Balaban J connectivity index is 1.23. The number of nitrogens with one attached hydrogen (secondary N) is 2. The van der Waals surface area contributed by atoms with Gasteiger partial charge in [-0.2, -0.15) is 0 Å². The summed E-state index contributed by atoms with van der Waals surface area (Å²) in [6, 6.07) is 12.9. The molecular weight excluding hydrogens is 306 g/mol. The van der Waals surface area contributed by atoms with Crippen LogP contribution in [0.25, 0.3) is 0 Å². The second-order valence-corrected chi connectivity index (χ2v) is 8.60. The van der Waals surface area contributed by atoms with Crippen LogP contribution in [0.1, 0.15) is 51.4 Å². The number of rotatable bonds is 3. The van der Waals surface area contributed by atoms with Crippen LogP contribution >= 0.6 is 0 Å². The number of benzene rings is 1. The van der Waals surface area contributed by atoms with Crippen molar-refractivity contribution >= 4 is 5.69 Å². The van der Waals surface area contributed by atoms with E-state index in [2.05, 4.69) is 35.2 Å². The second-order valence-electron chi connectivity index (χ2n) is 8.60. The molecule has 1 aromatic carbocycles. The summed E-state index contributed by atoms with van der Waals surface area (Å²) in [7, 11) is 0. The van der Waals surface area contributed by atoms with Crippen LogP contribution in [0.4, 0.5) is 5.69 Å². The molecule has 138 valence electrons. The first kappa shape index (κ1) is 17.4. The Kier molecular flexibility index (Phi) is 5.94. The topological polar surface area (TPSA) is 12.1 Å². The predicted molar refractivity (Wildman–Crippen MR) is 105 cm³/mol. The number of nitrogens with zero attached hydrogens (tertiary/aromatic N) is 1. The molecule has 0 bridgehead atoms. The first-order chi connectivity index (χ1) is 12.4. The SMILES string of the molecule is c1ccc(N2CC[NH+](C3CC[NH+](C4CCCCCC4)CC3)CC2)cc1. The van der Waals surface area contributed by atoms with Crippen LogP contribution < -0.4 is 14.7 Å². The van der Waals surface area contributed by atoms with Gasteiger partial charge in [0.05, 0.1) is 51.4 Å². The van der Waals surface area contributed by atoms with Gasteiger partial charge in [-0.3, -0.25) is 0 Å². The van der Waals surface area contributed by atoms with Gasteiger partial charge < -0.3 is 14.7 Å². The molecule has 0 radical (unpaired) electrons. The molecule has 3 aliphatic rings. The summed E-state index contributed by atoms with van der Waals surface area (Å²) in [5.41, 5.74) is 1.41. The Morgan fingerprint density at radius 2 is 1.20 bits per heavy atom. The molecule has 25 heavy (non-hydrogen) atoms. The third kappa shape index (κ3) is 4.38. The lowest BCUT2D eigenvalue weighted by atomic mass is 9.98. The Morgan fingerprint density at radius 3 is 1.84 bits per heavy atom. The number of piperidine rings is 1. The van der Waals surface area contributed by atoms with E-state index >= 15 is 0 Å². The average molecular weight is 344 g/mol. The molecule has 0 amide bonds. The maximum atomic E-state index is 2.58. The van der Waals surface area contributed by atoms with Crippen molar-refractivity contribution in [3.8, 4) is 0 Å². The molecule has 1 aromatic rings. The van der Waals surface area contributed by atoms with E-state index in [1.54, 1.807) is 0 Å². The minimum Gasteiger partial charge on any atom is -0.360 e. The highest BCUT2D eigenvalue weighted by molar-refractivity contribution is 5.46. The quantitative estimate of drug-likeness (QED) is 0.785. The maximum absolute atomic E-state index is 2.58. The molecular formula is C22H37N3+2. The molecule has 0 aromatic heterocycles. The number of para-hydroxylation sites is 1. The van der Waals surface area contributed by atoms with Gasteiger partial charge in [0.1, 0.15) is 0 Å². The lowest BCUT2D eigenvalue weighted by Gasteiger charge is -2.41. The number of quaternary nitrogens is 2. The van der Waals surface area contributed by atoms with Crippen molar-refractivity contribution in [2.75, 3.05) is 44.2 Å². The van der Waals surface area contributed by atoms with Crippen LogP contribution in [-0.2, 0) is 0 Å². The van der Waals surface area contributed by atoms with E-state index in [1.807, 2.05) is 9.80 Å². The van der Waals surface area contributed by atoms with Gasteiger partial charge in [-0.1, -0.05) is 31.0 Å². The molecule has 2 N–H and O–H groups in total. The van der Waals surface area contributed by atoms with Crippen LogP contribution in [0.3, 0.4) is 0 Å². The fourth-order valence-corrected chi connectivity index (χ4v) is 5.59. The van der Waals surface area contributed by atoms with E-state index in [0.717, 1.165) is 12.1 Å². The Labute approximate surface area is 154 Å². The normalized spacial score (nSPS) is 30.2. The van der Waals surface area contributed by atoms with E-state index in [4.69, 9.17) is 0 Å². The molecule has 1 saturated carbocycles. The van der Waals surface area contributed by atoms with Gasteiger partial charge in [0.25, 0.3) is 0 Å². The first-order valence-electron chi connectivity index (χ1n) is 10.9. The van der Waals surface area contributed by atoms with Crippen LogP contribution in [-0.4, -0.2) is 51.4 Å². The molecule has 0 spiro atoms. The number of anilines is 1. The zero-order valence-electron chi connectivity index (χ0n) is 15.9. The largest absolute Gasteiger partial charge is 0.360 e. The Bertz CT molecular complexity index is 493. The summed E-state index contributed by atoms with van der Waals surface area (Å²) in [6.45, 7) is 8.02. The second kappa shape index (κ2) is 8.55. The molecule has 1 aliphatic carbocycles. The van der Waals surface area contributed by atoms with Gasteiger partial charge in [-0.15, -0.1) is 0 Å². The monoisotopic (exact) mass is 343 g/mol. The third-order valence-corrected chi connectivity index (χ3v) is 7.16. The number of piperazine rings is 1. The molecule has 0 unspecified atom stereocenters. The summed E-state index contributed by atoms with van der Waals surface area (Å²) >= 11 is 0. The van der Waals surface area contributed by atoms with Crippen molar-refractivity contribution in [1.29, 1.82) is 0 Å². The summed E-state index contributed by atoms with van der Waals surface area (Å²) in [6.07, 6.45) is 11.9. The van der Waals surface area contributed by atoms with Gasteiger partial charge in [-0.05, 0) is 37.8 Å². The van der Waals surface area contributed by atoms with Gasteiger partial charge in [-0.25, -0.2) is 0 Å². The van der Waals surface area contributed by atoms with Crippen molar-refractivity contribution in [3.05, 3.63) is 30.3 Å². The van der Waals surface area contributed by atoms with Crippen LogP contribution in [0, 0.1) is 0 Å². The number of hydrogen-bond donors (Lipinski definition) is 2. The zero-order valence-corrected chi connectivity index (χ0v) is 15.9. The number of hydrogen-bond acceptors (Lipinski definition) is 1. The lowest BCUT2D eigenvalue weighted by Crippen LogP contribution is -3.23. The lowest BCUT2D eigenvalue weighted by molar-refractivity contribution is -0.968. The fraction of sp³-hybridized carbons (Fsp3) is 0.727. The summed E-state index contributed by atoms with van der Waals surface area (Å²) in [5.74, 6) is 0. The van der Waals surface area contributed by atoms with Crippen LogP contribution in [0.15, 0.2) is 30.3 Å². The van der Waals surface area contributed by atoms with E-state index in [1.165, 1.54) is 96.3 Å². The molecule has 3 heteroatoms. The van der Waals surface area contributed by atoms with Gasteiger partial charge in [0, 0.05) is 18.5 Å². The highest BCUT2D eigenvalue weighted by Crippen LogP contribution is 2.16. The first-order valence-corrected chi connectivity index (χ1v) is 10.9. The van der Waals surface area contributed by atoms with E-state index < -0.39 is 0 Å². The van der Waals surface area contributed by atoms with E-state index in [0.29, 0.717) is 0 Å². The maximum Gasteiger partial charge on any atom is 0.0984 e. The van der Waals surface area contributed by atoms with Crippen LogP contribution in [0.5, 0.6) is 0 Å².